The third-order valence-electron chi connectivity index (χ3n) is 6.63. The summed E-state index contributed by atoms with van der Waals surface area (Å²) in [7, 11) is 0. The molecule has 0 aliphatic carbocycles. The van der Waals surface area contributed by atoms with Crippen molar-refractivity contribution < 1.29 is 43.2 Å². The Bertz CT molecular complexity index is 914. The fourth-order valence-electron chi connectivity index (χ4n) is 5.00. The summed E-state index contributed by atoms with van der Waals surface area (Å²) in [4.78, 5) is 39.0. The van der Waals surface area contributed by atoms with E-state index in [9.17, 15) is 18.8 Å². The summed E-state index contributed by atoms with van der Waals surface area (Å²) in [6.45, 7) is 8.30. The number of likely N-dealkylation sites (tertiary alicyclic amines) is 1. The number of carboxylic acids is 2. The Balaban J connectivity index is 0.000000493. The van der Waals surface area contributed by atoms with E-state index in [-0.39, 0.29) is 17.9 Å². The van der Waals surface area contributed by atoms with Crippen LogP contribution in [0, 0.1) is 5.82 Å². The number of hydrogen-bond acceptors (Lipinski definition) is 6. The van der Waals surface area contributed by atoms with E-state index in [0.717, 1.165) is 44.6 Å². The molecule has 1 saturated heterocycles. The molecule has 36 heavy (non-hydrogen) atoms. The monoisotopic (exact) mass is 510 g/mol. The van der Waals surface area contributed by atoms with Gasteiger partial charge in [0.25, 0.3) is 0 Å². The van der Waals surface area contributed by atoms with Crippen LogP contribution in [0.15, 0.2) is 30.4 Å². The van der Waals surface area contributed by atoms with Gasteiger partial charge in [-0.1, -0.05) is 6.42 Å². The molecule has 2 heterocycles. The number of carbonyl (C=O) groups excluding carboxylic acids is 1. The van der Waals surface area contributed by atoms with Crippen molar-refractivity contribution >= 4 is 18.0 Å². The Morgan fingerprint density at radius 1 is 1.17 bits per heavy atom. The number of halogens is 1. The molecule has 0 bridgehead atoms. The molecule has 3 rings (SSSR count). The molecule has 0 spiro atoms. The number of hydroxylamine groups is 3. The van der Waals surface area contributed by atoms with Gasteiger partial charge in [0, 0.05) is 18.2 Å². The summed E-state index contributed by atoms with van der Waals surface area (Å²) >= 11 is 0. The van der Waals surface area contributed by atoms with Crippen molar-refractivity contribution in [3.05, 3.63) is 41.7 Å². The maximum absolute atomic E-state index is 13.9. The van der Waals surface area contributed by atoms with Crippen molar-refractivity contribution in [2.45, 2.75) is 58.0 Å². The molecule has 2 atom stereocenters. The molecule has 200 valence electrons. The van der Waals surface area contributed by atoms with Gasteiger partial charge in [0.2, 0.25) is 5.75 Å². The first-order valence-electron chi connectivity index (χ1n) is 12.3. The van der Waals surface area contributed by atoms with Gasteiger partial charge in [-0.2, -0.15) is 0 Å². The lowest BCUT2D eigenvalue weighted by atomic mass is 9.91. The molecule has 1 fully saturated rings. The smallest absolute Gasteiger partial charge is 0.404 e. The van der Waals surface area contributed by atoms with E-state index < -0.39 is 18.0 Å². The number of ether oxygens (including phenoxy) is 1. The zero-order valence-electron chi connectivity index (χ0n) is 20.9. The van der Waals surface area contributed by atoms with Crippen molar-refractivity contribution in [2.24, 2.45) is 5.73 Å². The van der Waals surface area contributed by atoms with E-state index in [1.165, 1.54) is 31.4 Å². The Labute approximate surface area is 210 Å². The van der Waals surface area contributed by atoms with Crippen molar-refractivity contribution in [3.63, 3.8) is 0 Å². The molecule has 4 N–H and O–H groups in total. The number of amides is 1. The number of benzene rings is 1. The van der Waals surface area contributed by atoms with Gasteiger partial charge in [-0.05, 0) is 64.8 Å². The van der Waals surface area contributed by atoms with E-state index >= 15 is 0 Å². The standard InChI is InChI=1S/C21H32FN3O3.C4H4O4/c1-3-25(4-2)20(17-11-10-16(22)15-19(17)28-25)18(9-8-14-27-21(23)26)24-12-6-5-7-13-24;5-3(6)1-2-4(7)8/h10-11,15,18,20H,3-9,12-14H2,1-2H3,(H-,23,26);1-2H,(H,5,6)(H,7,8)/p+1/b;2-1+. The predicted octanol–water partition coefficient (Wildman–Crippen LogP) is 3.47. The van der Waals surface area contributed by atoms with E-state index in [1.807, 2.05) is 6.07 Å². The van der Waals surface area contributed by atoms with Gasteiger partial charge in [0.05, 0.1) is 18.2 Å². The lowest BCUT2D eigenvalue weighted by Crippen LogP contribution is -2.57. The van der Waals surface area contributed by atoms with Gasteiger partial charge in [0.15, 0.2) is 6.04 Å². The van der Waals surface area contributed by atoms with Crippen LogP contribution in [0.3, 0.4) is 0 Å². The highest BCUT2D eigenvalue weighted by atomic mass is 19.1. The number of primary amides is 1. The van der Waals surface area contributed by atoms with Gasteiger partial charge < -0.3 is 25.5 Å². The van der Waals surface area contributed by atoms with Crippen LogP contribution in [0.4, 0.5) is 9.18 Å². The number of nitrogens with zero attached hydrogens (tertiary/aromatic N) is 2. The Hall–Kier alpha value is -3.18. The normalized spacial score (nSPS) is 19.5. The summed E-state index contributed by atoms with van der Waals surface area (Å²) < 4.78 is 19.3. The number of likely N-dealkylation sites (N-methyl/N-ethyl adjacent to an activating group) is 1. The number of carboxylic acid groups (broad SMARTS) is 2. The SMILES string of the molecule is CC[N+]1(CC)Oc2cc(F)ccc2C1C(CCCOC(N)=O)N1CCCCC1.O=C(O)/C=C/C(=O)O. The minimum absolute atomic E-state index is 0.109. The average molecular weight is 511 g/mol. The minimum atomic E-state index is -1.26. The van der Waals surface area contributed by atoms with Crippen LogP contribution in [0.5, 0.6) is 5.75 Å². The van der Waals surface area contributed by atoms with Crippen molar-refractivity contribution in [1.82, 2.24) is 4.90 Å². The zero-order valence-corrected chi connectivity index (χ0v) is 20.9. The number of quaternary nitrogens is 1. The second kappa shape index (κ2) is 13.8. The predicted molar refractivity (Wildman–Crippen MR) is 130 cm³/mol. The van der Waals surface area contributed by atoms with Crippen LogP contribution in [-0.4, -0.2) is 76.6 Å². The van der Waals surface area contributed by atoms with Gasteiger partial charge >= 0.3 is 18.0 Å². The average Bonchev–Trinajstić information content (AvgIpc) is 3.17. The molecule has 2 unspecified atom stereocenters. The number of fused-ring (bicyclic) bond motifs is 1. The molecule has 11 heteroatoms. The number of rotatable bonds is 10. The first-order chi connectivity index (χ1) is 17.1. The highest BCUT2D eigenvalue weighted by molar-refractivity contribution is 5.89. The fraction of sp³-hybridized carbons (Fsp3) is 0.560. The number of aliphatic carboxylic acids is 2. The Morgan fingerprint density at radius 3 is 2.31 bits per heavy atom. The second-order valence-electron chi connectivity index (χ2n) is 8.79. The van der Waals surface area contributed by atoms with E-state index in [2.05, 4.69) is 18.7 Å². The molecule has 10 nitrogen and oxygen atoms in total. The van der Waals surface area contributed by atoms with Crippen molar-refractivity contribution in [2.75, 3.05) is 32.8 Å². The first-order valence-corrected chi connectivity index (χ1v) is 12.3. The van der Waals surface area contributed by atoms with E-state index in [4.69, 9.17) is 25.5 Å². The topological polar surface area (TPSA) is 139 Å². The molecule has 0 saturated carbocycles. The zero-order chi connectivity index (χ0) is 26.7. The summed E-state index contributed by atoms with van der Waals surface area (Å²) in [5.41, 5.74) is 6.19. The molecular weight excluding hydrogens is 473 g/mol. The Kier molecular flexibility index (Phi) is 11.1. The summed E-state index contributed by atoms with van der Waals surface area (Å²) in [5, 5.41) is 15.6. The first kappa shape index (κ1) is 29.1. The van der Waals surface area contributed by atoms with E-state index in [1.54, 1.807) is 0 Å². The molecule has 1 aromatic carbocycles. The van der Waals surface area contributed by atoms with Crippen molar-refractivity contribution in [3.8, 4) is 5.75 Å². The number of nitrogens with two attached hydrogens (primary N) is 1. The van der Waals surface area contributed by atoms with Gasteiger partial charge in [-0.3, -0.25) is 4.90 Å². The van der Waals surface area contributed by atoms with Crippen LogP contribution in [0.2, 0.25) is 0 Å². The second-order valence-corrected chi connectivity index (χ2v) is 8.79. The van der Waals surface area contributed by atoms with Gasteiger partial charge in [-0.15, -0.1) is 4.65 Å². The van der Waals surface area contributed by atoms with Crippen molar-refractivity contribution in [1.29, 1.82) is 0 Å². The number of hydrogen-bond donors (Lipinski definition) is 3. The molecule has 0 radical (unpaired) electrons. The van der Waals surface area contributed by atoms with Gasteiger partial charge in [-0.25, -0.2) is 18.8 Å². The van der Waals surface area contributed by atoms with Crippen LogP contribution < -0.4 is 10.6 Å². The lowest BCUT2D eigenvalue weighted by molar-refractivity contribution is -1.09. The van der Waals surface area contributed by atoms with Gasteiger partial charge in [0.1, 0.15) is 18.9 Å². The summed E-state index contributed by atoms with van der Waals surface area (Å²) in [6.07, 6.45) is 5.64. The third kappa shape index (κ3) is 7.92. The van der Waals surface area contributed by atoms with E-state index in [0.29, 0.717) is 29.2 Å². The summed E-state index contributed by atoms with van der Waals surface area (Å²) in [5.74, 6) is -2.13. The molecular formula is C25H37FN3O7+. The quantitative estimate of drug-likeness (QED) is 0.247. The van der Waals surface area contributed by atoms with Crippen LogP contribution in [0.25, 0.3) is 0 Å². The molecule has 0 aromatic heterocycles. The molecule has 1 aromatic rings. The largest absolute Gasteiger partial charge is 0.478 e. The highest BCUT2D eigenvalue weighted by Crippen LogP contribution is 2.47. The number of piperidine rings is 1. The maximum atomic E-state index is 13.9. The minimum Gasteiger partial charge on any atom is -0.478 e. The molecule has 2 aliphatic rings. The number of carbonyl (C=O) groups is 3. The van der Waals surface area contributed by atoms with Crippen LogP contribution in [-0.2, 0) is 14.3 Å². The van der Waals surface area contributed by atoms with Crippen LogP contribution >= 0.6 is 0 Å². The summed E-state index contributed by atoms with van der Waals surface area (Å²) in [6, 6.07) is 5.28. The molecule has 1 amide bonds. The van der Waals surface area contributed by atoms with Crippen LogP contribution in [0.1, 0.15) is 57.6 Å². The third-order valence-corrected chi connectivity index (χ3v) is 6.63. The fourth-order valence-corrected chi connectivity index (χ4v) is 5.00. The highest BCUT2D eigenvalue weighted by Gasteiger charge is 2.52. The molecule has 2 aliphatic heterocycles. The Morgan fingerprint density at radius 2 is 1.78 bits per heavy atom. The maximum Gasteiger partial charge on any atom is 0.404 e. The lowest BCUT2D eigenvalue weighted by Gasteiger charge is -2.43.